The summed E-state index contributed by atoms with van der Waals surface area (Å²) in [5.41, 5.74) is 2.78. The Bertz CT molecular complexity index is 252. The Morgan fingerprint density at radius 2 is 1.92 bits per heavy atom. The van der Waals surface area contributed by atoms with Gasteiger partial charge in [-0.05, 0) is 48.9 Å². The summed E-state index contributed by atoms with van der Waals surface area (Å²) < 4.78 is 0. The molecule has 0 saturated heterocycles. The maximum Gasteiger partial charge on any atom is 0.0848 e. The number of hydrazine groups is 1. The summed E-state index contributed by atoms with van der Waals surface area (Å²) in [7, 11) is 0. The van der Waals surface area contributed by atoms with Gasteiger partial charge in [0.05, 0.1) is 6.04 Å². The van der Waals surface area contributed by atoms with Crippen LogP contribution >= 0.6 is 0 Å². The molecule has 13 heavy (non-hydrogen) atoms. The number of rotatable bonds is 2. The highest BCUT2D eigenvalue weighted by molar-refractivity contribution is 5.20. The van der Waals surface area contributed by atoms with Crippen molar-refractivity contribution in [2.45, 2.75) is 25.3 Å². The van der Waals surface area contributed by atoms with E-state index in [-0.39, 0.29) is 6.04 Å². The molecule has 70 valence electrons. The van der Waals surface area contributed by atoms with Crippen LogP contribution in [0.15, 0.2) is 0 Å². The van der Waals surface area contributed by atoms with E-state index in [1.807, 2.05) is 0 Å². The average molecular weight is 176 g/mol. The van der Waals surface area contributed by atoms with Crippen molar-refractivity contribution in [3.05, 3.63) is 0 Å². The van der Waals surface area contributed by atoms with Gasteiger partial charge in [0.2, 0.25) is 0 Å². The molecule has 0 amide bonds. The van der Waals surface area contributed by atoms with Gasteiger partial charge in [0.25, 0.3) is 0 Å². The van der Waals surface area contributed by atoms with E-state index in [0.717, 1.165) is 23.7 Å². The first-order valence-corrected chi connectivity index (χ1v) is 5.29. The minimum atomic E-state index is 0.137. The van der Waals surface area contributed by atoms with Crippen molar-refractivity contribution in [1.29, 1.82) is 0 Å². The van der Waals surface area contributed by atoms with Gasteiger partial charge in [-0.3, -0.25) is 5.84 Å². The number of fused-ring (bicyclic) bond motifs is 5. The van der Waals surface area contributed by atoms with Crippen LogP contribution in [-0.2, 0) is 0 Å². The van der Waals surface area contributed by atoms with Crippen molar-refractivity contribution < 1.29 is 0 Å². The van der Waals surface area contributed by atoms with Crippen LogP contribution in [0, 0.1) is 41.9 Å². The zero-order valence-electron chi connectivity index (χ0n) is 7.74. The molecule has 2 bridgehead atoms. The highest BCUT2D eigenvalue weighted by Crippen LogP contribution is 2.70. The van der Waals surface area contributed by atoms with Gasteiger partial charge in [-0.15, -0.1) is 6.42 Å². The van der Waals surface area contributed by atoms with Gasteiger partial charge in [0.15, 0.2) is 0 Å². The van der Waals surface area contributed by atoms with E-state index >= 15 is 0 Å². The molecule has 5 atom stereocenters. The van der Waals surface area contributed by atoms with Crippen LogP contribution in [0.2, 0.25) is 0 Å². The SMILES string of the molecule is C#CC(NN)C1C2C3CCC(C3)C21. The second-order valence-corrected chi connectivity index (χ2v) is 4.88. The van der Waals surface area contributed by atoms with E-state index in [9.17, 15) is 0 Å². The summed E-state index contributed by atoms with van der Waals surface area (Å²) in [5, 5.41) is 0. The van der Waals surface area contributed by atoms with E-state index in [4.69, 9.17) is 12.3 Å². The Hall–Kier alpha value is -0.520. The molecule has 0 aliphatic heterocycles. The van der Waals surface area contributed by atoms with Gasteiger partial charge in [0, 0.05) is 0 Å². The minimum absolute atomic E-state index is 0.137. The fourth-order valence-electron chi connectivity index (χ4n) is 4.11. The smallest absolute Gasteiger partial charge is 0.0848 e. The lowest BCUT2D eigenvalue weighted by Gasteiger charge is -2.13. The predicted octanol–water partition coefficient (Wildman–Crippen LogP) is 0.744. The van der Waals surface area contributed by atoms with Crippen molar-refractivity contribution in [3.63, 3.8) is 0 Å². The maximum atomic E-state index is 5.45. The zero-order valence-corrected chi connectivity index (χ0v) is 7.74. The third-order valence-electron chi connectivity index (χ3n) is 4.54. The van der Waals surface area contributed by atoms with E-state index in [1.54, 1.807) is 0 Å². The predicted molar refractivity (Wildman–Crippen MR) is 51.2 cm³/mol. The molecule has 3 N–H and O–H groups in total. The standard InChI is InChI=1S/C11H16N2/c1-2-8(13-12)11-9-6-3-4-7(5-6)10(9)11/h1,6-11,13H,3-5,12H2. The lowest BCUT2D eigenvalue weighted by Crippen LogP contribution is -2.37. The molecule has 2 nitrogen and oxygen atoms in total. The molecule has 3 fully saturated rings. The summed E-state index contributed by atoms with van der Waals surface area (Å²) in [6, 6.07) is 0.137. The minimum Gasteiger partial charge on any atom is -0.270 e. The highest BCUT2D eigenvalue weighted by Gasteiger charge is 2.66. The topological polar surface area (TPSA) is 38.0 Å². The van der Waals surface area contributed by atoms with E-state index in [2.05, 4.69) is 11.3 Å². The Morgan fingerprint density at radius 1 is 1.31 bits per heavy atom. The number of nitrogens with one attached hydrogen (secondary N) is 1. The number of hydrogen-bond acceptors (Lipinski definition) is 2. The Kier molecular flexibility index (Phi) is 1.51. The number of terminal acetylenes is 1. The summed E-state index contributed by atoms with van der Waals surface area (Å²) >= 11 is 0. The molecule has 3 saturated carbocycles. The first-order chi connectivity index (χ1) is 6.36. The van der Waals surface area contributed by atoms with Gasteiger partial charge in [-0.1, -0.05) is 5.92 Å². The number of nitrogens with two attached hydrogens (primary N) is 1. The van der Waals surface area contributed by atoms with Gasteiger partial charge in [0.1, 0.15) is 0 Å². The van der Waals surface area contributed by atoms with Gasteiger partial charge < -0.3 is 0 Å². The van der Waals surface area contributed by atoms with Crippen LogP contribution in [0.3, 0.4) is 0 Å². The summed E-state index contributed by atoms with van der Waals surface area (Å²) in [6.45, 7) is 0. The molecular formula is C11H16N2. The van der Waals surface area contributed by atoms with Crippen molar-refractivity contribution in [3.8, 4) is 12.3 Å². The lowest BCUT2D eigenvalue weighted by molar-refractivity contribution is 0.412. The second-order valence-electron chi connectivity index (χ2n) is 4.88. The lowest BCUT2D eigenvalue weighted by atomic mass is 9.98. The largest absolute Gasteiger partial charge is 0.270 e. The van der Waals surface area contributed by atoms with Crippen LogP contribution in [0.1, 0.15) is 19.3 Å². The van der Waals surface area contributed by atoms with Crippen molar-refractivity contribution >= 4 is 0 Å². The third-order valence-corrected chi connectivity index (χ3v) is 4.54. The summed E-state index contributed by atoms with van der Waals surface area (Å²) in [5.74, 6) is 12.8. The average Bonchev–Trinajstić information content (AvgIpc) is 2.59. The van der Waals surface area contributed by atoms with E-state index < -0.39 is 0 Å². The van der Waals surface area contributed by atoms with E-state index in [0.29, 0.717) is 5.92 Å². The van der Waals surface area contributed by atoms with Crippen LogP contribution in [0.25, 0.3) is 0 Å². The first-order valence-electron chi connectivity index (χ1n) is 5.29. The van der Waals surface area contributed by atoms with Crippen LogP contribution < -0.4 is 11.3 Å². The normalized spacial score (nSPS) is 52.8. The quantitative estimate of drug-likeness (QED) is 0.370. The highest BCUT2D eigenvalue weighted by atomic mass is 15.2. The molecule has 0 heterocycles. The molecule has 0 aromatic heterocycles. The molecule has 5 unspecified atom stereocenters. The second kappa shape index (κ2) is 2.50. The summed E-state index contributed by atoms with van der Waals surface area (Å²) in [4.78, 5) is 0. The molecule has 0 spiro atoms. The summed E-state index contributed by atoms with van der Waals surface area (Å²) in [6.07, 6.45) is 9.82. The molecular weight excluding hydrogens is 160 g/mol. The van der Waals surface area contributed by atoms with Gasteiger partial charge >= 0.3 is 0 Å². The van der Waals surface area contributed by atoms with E-state index in [1.165, 1.54) is 19.3 Å². The molecule has 0 radical (unpaired) electrons. The Balaban J connectivity index is 1.76. The van der Waals surface area contributed by atoms with Crippen molar-refractivity contribution in [1.82, 2.24) is 5.43 Å². The van der Waals surface area contributed by atoms with Gasteiger partial charge in [-0.25, -0.2) is 5.43 Å². The van der Waals surface area contributed by atoms with Crippen LogP contribution in [0.5, 0.6) is 0 Å². The number of hydrogen-bond donors (Lipinski definition) is 2. The fourth-order valence-corrected chi connectivity index (χ4v) is 4.11. The fraction of sp³-hybridized carbons (Fsp3) is 0.818. The van der Waals surface area contributed by atoms with Crippen molar-refractivity contribution in [2.75, 3.05) is 0 Å². The molecule has 2 heteroatoms. The molecule has 3 aliphatic carbocycles. The Morgan fingerprint density at radius 3 is 2.38 bits per heavy atom. The molecule has 0 aromatic carbocycles. The molecule has 0 aromatic rings. The molecule has 3 rings (SSSR count). The van der Waals surface area contributed by atoms with Crippen LogP contribution in [0.4, 0.5) is 0 Å². The first kappa shape index (κ1) is 7.84. The maximum absolute atomic E-state index is 5.45. The third kappa shape index (κ3) is 0.868. The van der Waals surface area contributed by atoms with Gasteiger partial charge in [-0.2, -0.15) is 0 Å². The zero-order chi connectivity index (χ0) is 9.00. The molecule has 3 aliphatic rings. The Labute approximate surface area is 79.2 Å². The van der Waals surface area contributed by atoms with Crippen LogP contribution in [-0.4, -0.2) is 6.04 Å². The van der Waals surface area contributed by atoms with Crippen molar-refractivity contribution in [2.24, 2.45) is 35.4 Å². The monoisotopic (exact) mass is 176 g/mol.